The number of ether oxygens (including phenoxy) is 1. The molecular formula is C14H14Cl2N2O. The van der Waals surface area contributed by atoms with Crippen molar-refractivity contribution < 1.29 is 4.74 Å². The number of alkyl halides is 1. The Labute approximate surface area is 122 Å². The molecule has 0 aliphatic heterocycles. The monoisotopic (exact) mass is 296 g/mol. The summed E-state index contributed by atoms with van der Waals surface area (Å²) < 4.78 is 5.07. The number of methoxy groups -OCH3 is 1. The third kappa shape index (κ3) is 3.58. The van der Waals surface area contributed by atoms with Crippen LogP contribution in [0.15, 0.2) is 30.6 Å². The lowest BCUT2D eigenvalue weighted by molar-refractivity contribution is 0.396. The van der Waals surface area contributed by atoms with Crippen LogP contribution in [0.25, 0.3) is 0 Å². The predicted molar refractivity (Wildman–Crippen MR) is 77.1 cm³/mol. The van der Waals surface area contributed by atoms with E-state index in [2.05, 4.69) is 9.97 Å². The fourth-order valence-corrected chi connectivity index (χ4v) is 2.42. The van der Waals surface area contributed by atoms with E-state index in [4.69, 9.17) is 27.9 Å². The van der Waals surface area contributed by atoms with Gasteiger partial charge in [-0.1, -0.05) is 17.7 Å². The number of rotatable bonds is 4. The standard InChI is InChI=1S/C14H14Cl2N2O/c1-9-3-4-10(15)5-12(9)13(16)6-11-7-14(19-2)18-8-17-11/h3-5,7-8,13H,6H2,1-2H3. The molecule has 2 aromatic rings. The fraction of sp³-hybridized carbons (Fsp3) is 0.286. The molecular weight excluding hydrogens is 283 g/mol. The van der Waals surface area contributed by atoms with E-state index in [1.807, 2.05) is 25.1 Å². The first kappa shape index (κ1) is 14.1. The molecule has 0 aliphatic carbocycles. The number of aromatic nitrogens is 2. The van der Waals surface area contributed by atoms with Gasteiger partial charge in [-0.2, -0.15) is 0 Å². The van der Waals surface area contributed by atoms with Gasteiger partial charge in [-0.25, -0.2) is 9.97 Å². The van der Waals surface area contributed by atoms with Gasteiger partial charge < -0.3 is 4.74 Å². The summed E-state index contributed by atoms with van der Waals surface area (Å²) in [5.74, 6) is 0.539. The second kappa shape index (κ2) is 6.22. The van der Waals surface area contributed by atoms with Gasteiger partial charge in [-0.3, -0.25) is 0 Å². The van der Waals surface area contributed by atoms with Gasteiger partial charge in [0.2, 0.25) is 5.88 Å². The molecule has 19 heavy (non-hydrogen) atoms. The Morgan fingerprint density at radius 2 is 2.05 bits per heavy atom. The zero-order valence-electron chi connectivity index (χ0n) is 10.7. The van der Waals surface area contributed by atoms with Crippen LogP contribution in [-0.4, -0.2) is 17.1 Å². The highest BCUT2D eigenvalue weighted by Gasteiger charge is 2.13. The van der Waals surface area contributed by atoms with Crippen molar-refractivity contribution in [1.29, 1.82) is 0 Å². The van der Waals surface area contributed by atoms with E-state index in [0.29, 0.717) is 17.3 Å². The van der Waals surface area contributed by atoms with E-state index in [0.717, 1.165) is 16.8 Å². The summed E-state index contributed by atoms with van der Waals surface area (Å²) >= 11 is 12.5. The first-order valence-electron chi connectivity index (χ1n) is 5.85. The summed E-state index contributed by atoms with van der Waals surface area (Å²) in [6, 6.07) is 7.51. The van der Waals surface area contributed by atoms with Gasteiger partial charge in [-0.15, -0.1) is 11.6 Å². The number of nitrogens with zero attached hydrogens (tertiary/aromatic N) is 2. The number of halogens is 2. The van der Waals surface area contributed by atoms with Crippen molar-refractivity contribution in [1.82, 2.24) is 9.97 Å². The van der Waals surface area contributed by atoms with E-state index in [9.17, 15) is 0 Å². The molecule has 0 saturated heterocycles. The Morgan fingerprint density at radius 3 is 2.79 bits per heavy atom. The van der Waals surface area contributed by atoms with Crippen LogP contribution < -0.4 is 4.74 Å². The molecule has 0 N–H and O–H groups in total. The van der Waals surface area contributed by atoms with Gasteiger partial charge in [0, 0.05) is 23.2 Å². The molecule has 0 fully saturated rings. The van der Waals surface area contributed by atoms with Crippen molar-refractivity contribution in [2.45, 2.75) is 18.7 Å². The fourth-order valence-electron chi connectivity index (χ4n) is 1.84. The molecule has 0 aliphatic rings. The average Bonchev–Trinajstić information content (AvgIpc) is 2.41. The first-order chi connectivity index (χ1) is 9.10. The molecule has 2 rings (SSSR count). The molecule has 0 spiro atoms. The maximum Gasteiger partial charge on any atom is 0.216 e. The summed E-state index contributed by atoms with van der Waals surface area (Å²) in [7, 11) is 1.57. The molecule has 1 atom stereocenters. The Morgan fingerprint density at radius 1 is 1.26 bits per heavy atom. The topological polar surface area (TPSA) is 35.0 Å². The maximum absolute atomic E-state index is 6.45. The zero-order valence-corrected chi connectivity index (χ0v) is 12.2. The second-order valence-electron chi connectivity index (χ2n) is 4.22. The van der Waals surface area contributed by atoms with Crippen molar-refractivity contribution in [3.05, 3.63) is 52.4 Å². The molecule has 1 aromatic heterocycles. The molecule has 5 heteroatoms. The quantitative estimate of drug-likeness (QED) is 0.801. The van der Waals surface area contributed by atoms with Crippen LogP contribution >= 0.6 is 23.2 Å². The smallest absolute Gasteiger partial charge is 0.216 e. The zero-order chi connectivity index (χ0) is 13.8. The van der Waals surface area contributed by atoms with E-state index in [-0.39, 0.29) is 5.38 Å². The average molecular weight is 297 g/mol. The molecule has 1 aromatic carbocycles. The van der Waals surface area contributed by atoms with Gasteiger partial charge in [0.15, 0.2) is 0 Å². The highest BCUT2D eigenvalue weighted by atomic mass is 35.5. The molecule has 100 valence electrons. The van der Waals surface area contributed by atoms with Crippen LogP contribution in [0.5, 0.6) is 5.88 Å². The van der Waals surface area contributed by atoms with Crippen molar-refractivity contribution in [3.63, 3.8) is 0 Å². The van der Waals surface area contributed by atoms with Crippen LogP contribution in [0, 0.1) is 6.92 Å². The van der Waals surface area contributed by atoms with E-state index in [1.54, 1.807) is 13.2 Å². The first-order valence-corrected chi connectivity index (χ1v) is 6.66. The van der Waals surface area contributed by atoms with Crippen LogP contribution in [0.3, 0.4) is 0 Å². The largest absolute Gasteiger partial charge is 0.481 e. The molecule has 1 heterocycles. The van der Waals surface area contributed by atoms with Crippen molar-refractivity contribution in [2.24, 2.45) is 0 Å². The minimum Gasteiger partial charge on any atom is -0.481 e. The van der Waals surface area contributed by atoms with Gasteiger partial charge >= 0.3 is 0 Å². The molecule has 3 nitrogen and oxygen atoms in total. The van der Waals surface area contributed by atoms with Crippen LogP contribution in [-0.2, 0) is 6.42 Å². The molecule has 1 unspecified atom stereocenters. The molecule has 0 saturated carbocycles. The molecule has 0 amide bonds. The SMILES string of the molecule is COc1cc(CC(Cl)c2cc(Cl)ccc2C)ncn1. The third-order valence-corrected chi connectivity index (χ3v) is 3.50. The third-order valence-electron chi connectivity index (χ3n) is 2.87. The Hall–Kier alpha value is -1.32. The highest BCUT2D eigenvalue weighted by molar-refractivity contribution is 6.30. The van der Waals surface area contributed by atoms with Gasteiger partial charge in [-0.05, 0) is 30.2 Å². The summed E-state index contributed by atoms with van der Waals surface area (Å²) in [5.41, 5.74) is 2.98. The number of hydrogen-bond acceptors (Lipinski definition) is 3. The maximum atomic E-state index is 6.45. The minimum atomic E-state index is -0.182. The highest BCUT2D eigenvalue weighted by Crippen LogP contribution is 2.29. The van der Waals surface area contributed by atoms with E-state index in [1.165, 1.54) is 6.33 Å². The summed E-state index contributed by atoms with van der Waals surface area (Å²) in [6.07, 6.45) is 2.07. The Kier molecular flexibility index (Phi) is 4.61. The Balaban J connectivity index is 2.20. The molecule has 0 bridgehead atoms. The summed E-state index contributed by atoms with van der Waals surface area (Å²) in [5, 5.41) is 0.504. The van der Waals surface area contributed by atoms with E-state index >= 15 is 0 Å². The van der Waals surface area contributed by atoms with Crippen molar-refractivity contribution in [2.75, 3.05) is 7.11 Å². The van der Waals surface area contributed by atoms with Crippen molar-refractivity contribution in [3.8, 4) is 5.88 Å². The van der Waals surface area contributed by atoms with Crippen LogP contribution in [0.4, 0.5) is 0 Å². The van der Waals surface area contributed by atoms with E-state index < -0.39 is 0 Å². The van der Waals surface area contributed by atoms with Crippen LogP contribution in [0.1, 0.15) is 22.2 Å². The van der Waals surface area contributed by atoms with Gasteiger partial charge in [0.1, 0.15) is 6.33 Å². The molecule has 0 radical (unpaired) electrons. The number of hydrogen-bond donors (Lipinski definition) is 0. The number of aryl methyl sites for hydroxylation is 1. The summed E-state index contributed by atoms with van der Waals surface area (Å²) in [4.78, 5) is 8.17. The second-order valence-corrected chi connectivity index (χ2v) is 5.19. The Bertz CT molecular complexity index is 575. The predicted octanol–water partition coefficient (Wildman–Crippen LogP) is 3.97. The number of benzene rings is 1. The van der Waals surface area contributed by atoms with Crippen LogP contribution in [0.2, 0.25) is 5.02 Å². The lowest BCUT2D eigenvalue weighted by Gasteiger charge is -2.13. The summed E-state index contributed by atoms with van der Waals surface area (Å²) in [6.45, 7) is 2.02. The van der Waals surface area contributed by atoms with Crippen molar-refractivity contribution >= 4 is 23.2 Å². The lowest BCUT2D eigenvalue weighted by Crippen LogP contribution is -2.01. The van der Waals surface area contributed by atoms with Gasteiger partial charge in [0.25, 0.3) is 0 Å². The normalized spacial score (nSPS) is 12.2. The lowest BCUT2D eigenvalue weighted by atomic mass is 10.0. The van der Waals surface area contributed by atoms with Gasteiger partial charge in [0.05, 0.1) is 12.5 Å². The minimum absolute atomic E-state index is 0.182.